The Morgan fingerprint density at radius 3 is 2.69 bits per heavy atom. The molecule has 1 aromatic rings. The van der Waals surface area contributed by atoms with E-state index in [9.17, 15) is 0 Å². The second-order valence-corrected chi connectivity index (χ2v) is 3.53. The number of methoxy groups -OCH3 is 1. The summed E-state index contributed by atoms with van der Waals surface area (Å²) in [7, 11) is 1.68. The smallest absolute Gasteiger partial charge is 0.145 e. The molecule has 0 aliphatic carbocycles. The molecule has 6 heteroatoms. The van der Waals surface area contributed by atoms with E-state index >= 15 is 0 Å². The molecule has 0 aliphatic rings. The Morgan fingerprint density at radius 2 is 2.12 bits per heavy atom. The third-order valence-electron chi connectivity index (χ3n) is 2.20. The number of hydrazine groups is 1. The molecule has 0 amide bonds. The monoisotopic (exact) mass is 225 g/mol. The summed E-state index contributed by atoms with van der Waals surface area (Å²) in [6, 6.07) is 2.01. The van der Waals surface area contributed by atoms with Crippen LogP contribution in [0.3, 0.4) is 0 Å². The second kappa shape index (κ2) is 6.24. The molecule has 0 radical (unpaired) electrons. The standard InChI is InChI=1S/C10H19N5O/c1-4-8(6-16-3)14-9-5-10(15-11)13-7(2)12-9/h5,8H,4,6,11H2,1-3H3,(H2,12,13,14,15). The lowest BCUT2D eigenvalue weighted by atomic mass is 10.2. The van der Waals surface area contributed by atoms with Gasteiger partial charge in [0, 0.05) is 13.2 Å². The summed E-state index contributed by atoms with van der Waals surface area (Å²) in [5.74, 6) is 7.34. The van der Waals surface area contributed by atoms with Gasteiger partial charge in [0.25, 0.3) is 0 Å². The molecule has 1 heterocycles. The van der Waals surface area contributed by atoms with Crippen molar-refractivity contribution in [2.75, 3.05) is 24.5 Å². The van der Waals surface area contributed by atoms with Crippen molar-refractivity contribution < 1.29 is 4.74 Å². The number of nitrogens with two attached hydrogens (primary N) is 1. The number of aromatic nitrogens is 2. The summed E-state index contributed by atoms with van der Waals surface area (Å²) in [5, 5.41) is 3.27. The first-order valence-corrected chi connectivity index (χ1v) is 5.27. The molecule has 0 fully saturated rings. The molecule has 4 N–H and O–H groups in total. The van der Waals surface area contributed by atoms with Gasteiger partial charge in [0.05, 0.1) is 12.6 Å². The number of rotatable bonds is 6. The molecular formula is C10H19N5O. The van der Waals surface area contributed by atoms with Crippen molar-refractivity contribution in [2.45, 2.75) is 26.3 Å². The second-order valence-electron chi connectivity index (χ2n) is 3.53. The lowest BCUT2D eigenvalue weighted by Crippen LogP contribution is -2.25. The van der Waals surface area contributed by atoms with Gasteiger partial charge in [-0.05, 0) is 13.3 Å². The van der Waals surface area contributed by atoms with Gasteiger partial charge in [0.15, 0.2) is 0 Å². The van der Waals surface area contributed by atoms with Crippen LogP contribution in [0, 0.1) is 6.92 Å². The Labute approximate surface area is 95.6 Å². The van der Waals surface area contributed by atoms with Gasteiger partial charge < -0.3 is 15.5 Å². The van der Waals surface area contributed by atoms with Crippen LogP contribution >= 0.6 is 0 Å². The van der Waals surface area contributed by atoms with E-state index in [0.717, 1.165) is 12.2 Å². The number of nitrogens with one attached hydrogen (secondary N) is 2. The van der Waals surface area contributed by atoms with Crippen molar-refractivity contribution in [3.63, 3.8) is 0 Å². The zero-order valence-electron chi connectivity index (χ0n) is 9.95. The number of aryl methyl sites for hydroxylation is 1. The average Bonchev–Trinajstić information content (AvgIpc) is 2.27. The van der Waals surface area contributed by atoms with Crippen LogP contribution in [0.25, 0.3) is 0 Å². The normalized spacial score (nSPS) is 12.2. The van der Waals surface area contributed by atoms with E-state index in [1.54, 1.807) is 13.2 Å². The van der Waals surface area contributed by atoms with Crippen molar-refractivity contribution in [1.29, 1.82) is 0 Å². The molecule has 0 bridgehead atoms. The molecule has 0 saturated heterocycles. The zero-order chi connectivity index (χ0) is 12.0. The summed E-state index contributed by atoms with van der Waals surface area (Å²) in [6.45, 7) is 4.56. The van der Waals surface area contributed by atoms with E-state index in [-0.39, 0.29) is 6.04 Å². The Hall–Kier alpha value is -1.40. The highest BCUT2D eigenvalue weighted by Gasteiger charge is 2.07. The highest BCUT2D eigenvalue weighted by atomic mass is 16.5. The number of hydrogen-bond donors (Lipinski definition) is 3. The van der Waals surface area contributed by atoms with Crippen molar-refractivity contribution in [1.82, 2.24) is 9.97 Å². The van der Waals surface area contributed by atoms with Crippen molar-refractivity contribution in [3.05, 3.63) is 11.9 Å². The predicted molar refractivity (Wildman–Crippen MR) is 64.2 cm³/mol. The van der Waals surface area contributed by atoms with E-state index in [4.69, 9.17) is 10.6 Å². The van der Waals surface area contributed by atoms with Crippen molar-refractivity contribution in [2.24, 2.45) is 5.84 Å². The van der Waals surface area contributed by atoms with Crippen molar-refractivity contribution in [3.8, 4) is 0 Å². The largest absolute Gasteiger partial charge is 0.383 e. The summed E-state index contributed by atoms with van der Waals surface area (Å²) >= 11 is 0. The maximum absolute atomic E-state index is 5.32. The number of nitrogen functional groups attached to an aromatic ring is 1. The fourth-order valence-corrected chi connectivity index (χ4v) is 1.39. The van der Waals surface area contributed by atoms with Crippen LogP contribution in [0.5, 0.6) is 0 Å². The van der Waals surface area contributed by atoms with Crippen LogP contribution in [-0.2, 0) is 4.74 Å². The number of ether oxygens (including phenoxy) is 1. The first kappa shape index (κ1) is 12.7. The molecule has 1 unspecified atom stereocenters. The summed E-state index contributed by atoms with van der Waals surface area (Å²) in [6.07, 6.45) is 0.961. The predicted octanol–water partition coefficient (Wildman–Crippen LogP) is 0.908. The van der Waals surface area contributed by atoms with Gasteiger partial charge in [-0.25, -0.2) is 15.8 Å². The highest BCUT2D eigenvalue weighted by molar-refractivity contribution is 5.47. The molecule has 0 aliphatic heterocycles. The van der Waals surface area contributed by atoms with E-state index in [0.29, 0.717) is 18.2 Å². The first-order chi connectivity index (χ1) is 7.69. The van der Waals surface area contributed by atoms with Crippen LogP contribution in [0.4, 0.5) is 11.6 Å². The van der Waals surface area contributed by atoms with Crippen LogP contribution in [0.1, 0.15) is 19.2 Å². The minimum atomic E-state index is 0.241. The Kier molecular flexibility index (Phi) is 4.94. The van der Waals surface area contributed by atoms with E-state index < -0.39 is 0 Å². The maximum atomic E-state index is 5.32. The third-order valence-corrected chi connectivity index (χ3v) is 2.20. The Balaban J connectivity index is 2.74. The van der Waals surface area contributed by atoms with E-state index in [2.05, 4.69) is 27.6 Å². The lowest BCUT2D eigenvalue weighted by Gasteiger charge is -2.17. The molecule has 16 heavy (non-hydrogen) atoms. The third kappa shape index (κ3) is 3.63. The van der Waals surface area contributed by atoms with Crippen LogP contribution in [0.15, 0.2) is 6.07 Å². The number of anilines is 2. The Morgan fingerprint density at radius 1 is 1.44 bits per heavy atom. The minimum Gasteiger partial charge on any atom is -0.383 e. The van der Waals surface area contributed by atoms with E-state index in [1.165, 1.54) is 0 Å². The number of hydrogen-bond acceptors (Lipinski definition) is 6. The lowest BCUT2D eigenvalue weighted by molar-refractivity contribution is 0.184. The van der Waals surface area contributed by atoms with Crippen LogP contribution in [0.2, 0.25) is 0 Å². The quantitative estimate of drug-likeness (QED) is 0.493. The summed E-state index contributed by atoms with van der Waals surface area (Å²) < 4.78 is 5.11. The molecule has 0 saturated carbocycles. The van der Waals surface area contributed by atoms with Crippen molar-refractivity contribution >= 4 is 11.6 Å². The fraction of sp³-hybridized carbons (Fsp3) is 0.600. The summed E-state index contributed by atoms with van der Waals surface area (Å²) in [5.41, 5.74) is 2.51. The molecular weight excluding hydrogens is 206 g/mol. The topological polar surface area (TPSA) is 85.1 Å². The first-order valence-electron chi connectivity index (χ1n) is 5.27. The Bertz CT molecular complexity index is 331. The van der Waals surface area contributed by atoms with Gasteiger partial charge >= 0.3 is 0 Å². The molecule has 1 aromatic heterocycles. The number of nitrogens with zero attached hydrogens (tertiary/aromatic N) is 2. The average molecular weight is 225 g/mol. The SMILES string of the molecule is CCC(COC)Nc1cc(NN)nc(C)n1. The highest BCUT2D eigenvalue weighted by Crippen LogP contribution is 2.12. The van der Waals surface area contributed by atoms with Gasteiger partial charge in [0.1, 0.15) is 17.5 Å². The molecule has 1 atom stereocenters. The molecule has 6 nitrogen and oxygen atoms in total. The molecule has 1 rings (SSSR count). The van der Waals surface area contributed by atoms with Crippen LogP contribution < -0.4 is 16.6 Å². The van der Waals surface area contributed by atoms with Crippen LogP contribution in [-0.4, -0.2) is 29.7 Å². The molecule has 90 valence electrons. The fourth-order valence-electron chi connectivity index (χ4n) is 1.39. The van der Waals surface area contributed by atoms with Gasteiger partial charge in [-0.1, -0.05) is 6.92 Å². The molecule has 0 aromatic carbocycles. The summed E-state index contributed by atoms with van der Waals surface area (Å²) in [4.78, 5) is 8.39. The van der Waals surface area contributed by atoms with E-state index in [1.807, 2.05) is 6.92 Å². The zero-order valence-corrected chi connectivity index (χ0v) is 9.95. The minimum absolute atomic E-state index is 0.241. The van der Waals surface area contributed by atoms with Gasteiger partial charge in [-0.15, -0.1) is 0 Å². The maximum Gasteiger partial charge on any atom is 0.145 e. The van der Waals surface area contributed by atoms with Gasteiger partial charge in [-0.2, -0.15) is 0 Å². The molecule has 0 spiro atoms. The van der Waals surface area contributed by atoms with Gasteiger partial charge in [-0.3, -0.25) is 0 Å². The van der Waals surface area contributed by atoms with Gasteiger partial charge in [0.2, 0.25) is 0 Å².